The third-order valence-electron chi connectivity index (χ3n) is 2.97. The highest BCUT2D eigenvalue weighted by molar-refractivity contribution is 5.55. The molecule has 0 aromatic heterocycles. The molecule has 0 fully saturated rings. The molecule has 0 bridgehead atoms. The lowest BCUT2D eigenvalue weighted by molar-refractivity contribution is 0.269. The molecule has 1 heterocycles. The van der Waals surface area contributed by atoms with Crippen LogP contribution in [0.1, 0.15) is 24.9 Å². The summed E-state index contributed by atoms with van der Waals surface area (Å²) in [5.41, 5.74) is 2.13. The minimum atomic E-state index is -0.156. The number of nitrogens with one attached hydrogen (secondary N) is 1. The summed E-state index contributed by atoms with van der Waals surface area (Å²) in [5, 5.41) is 3.38. The predicted molar refractivity (Wildman–Crippen MR) is 60.5 cm³/mol. The first-order valence-corrected chi connectivity index (χ1v) is 5.30. The summed E-state index contributed by atoms with van der Waals surface area (Å²) in [7, 11) is 4.08. The summed E-state index contributed by atoms with van der Waals surface area (Å²) >= 11 is 0. The molecule has 1 aromatic rings. The molecule has 1 N–H and O–H groups in total. The Balaban J connectivity index is 2.43. The van der Waals surface area contributed by atoms with E-state index in [-0.39, 0.29) is 5.82 Å². The maximum atomic E-state index is 13.2. The molecule has 2 rings (SSSR count). The Labute approximate surface area is 90.1 Å². The number of halogens is 1. The number of hydrogen-bond acceptors (Lipinski definition) is 2. The average molecular weight is 208 g/mol. The van der Waals surface area contributed by atoms with Crippen molar-refractivity contribution >= 4 is 5.69 Å². The fourth-order valence-corrected chi connectivity index (χ4v) is 2.22. The van der Waals surface area contributed by atoms with Crippen molar-refractivity contribution in [1.82, 2.24) is 4.90 Å². The maximum absolute atomic E-state index is 13.2. The van der Waals surface area contributed by atoms with Crippen LogP contribution in [0, 0.1) is 5.82 Å². The fraction of sp³-hybridized carbons (Fsp3) is 0.500. The van der Waals surface area contributed by atoms with E-state index in [1.165, 1.54) is 6.07 Å². The van der Waals surface area contributed by atoms with Gasteiger partial charge in [0.2, 0.25) is 0 Å². The molecule has 2 unspecified atom stereocenters. The second-order valence-corrected chi connectivity index (χ2v) is 4.49. The normalized spacial score (nSPS) is 24.9. The topological polar surface area (TPSA) is 15.3 Å². The largest absolute Gasteiger partial charge is 0.382 e. The maximum Gasteiger partial charge on any atom is 0.123 e. The Morgan fingerprint density at radius 1 is 1.40 bits per heavy atom. The van der Waals surface area contributed by atoms with E-state index in [1.54, 1.807) is 6.07 Å². The number of nitrogens with zero attached hydrogens (tertiary/aromatic N) is 1. The van der Waals surface area contributed by atoms with Gasteiger partial charge >= 0.3 is 0 Å². The van der Waals surface area contributed by atoms with Crippen LogP contribution in [0.3, 0.4) is 0 Å². The van der Waals surface area contributed by atoms with Crippen LogP contribution in [0.15, 0.2) is 18.2 Å². The second-order valence-electron chi connectivity index (χ2n) is 4.49. The lowest BCUT2D eigenvalue weighted by Crippen LogP contribution is -2.32. The van der Waals surface area contributed by atoms with Crippen LogP contribution < -0.4 is 5.32 Å². The molecule has 2 atom stereocenters. The van der Waals surface area contributed by atoms with Gasteiger partial charge in [-0.25, -0.2) is 4.39 Å². The molecular weight excluding hydrogens is 191 g/mol. The summed E-state index contributed by atoms with van der Waals surface area (Å²) in [6.07, 6.45) is 1.02. The predicted octanol–water partition coefficient (Wildman–Crippen LogP) is 2.63. The van der Waals surface area contributed by atoms with Crippen LogP contribution >= 0.6 is 0 Å². The Morgan fingerprint density at radius 3 is 2.80 bits per heavy atom. The lowest BCUT2D eigenvalue weighted by Gasteiger charge is -2.35. The van der Waals surface area contributed by atoms with Crippen molar-refractivity contribution in [3.63, 3.8) is 0 Å². The van der Waals surface area contributed by atoms with Gasteiger partial charge < -0.3 is 10.2 Å². The molecule has 0 amide bonds. The summed E-state index contributed by atoms with van der Waals surface area (Å²) in [4.78, 5) is 2.15. The van der Waals surface area contributed by atoms with E-state index < -0.39 is 0 Å². The second kappa shape index (κ2) is 3.81. The smallest absolute Gasteiger partial charge is 0.123 e. The molecule has 3 heteroatoms. The molecule has 1 aliphatic rings. The van der Waals surface area contributed by atoms with Gasteiger partial charge in [-0.05, 0) is 51.2 Å². The number of fused-ring (bicyclic) bond motifs is 1. The van der Waals surface area contributed by atoms with Crippen LogP contribution in [0.4, 0.5) is 10.1 Å². The number of benzene rings is 1. The van der Waals surface area contributed by atoms with Gasteiger partial charge in [0.15, 0.2) is 0 Å². The molecule has 1 aliphatic heterocycles. The Bertz CT molecular complexity index is 363. The molecule has 82 valence electrons. The average Bonchev–Trinajstić information content (AvgIpc) is 2.17. The number of anilines is 1. The highest BCUT2D eigenvalue weighted by Crippen LogP contribution is 2.35. The van der Waals surface area contributed by atoms with Crippen molar-refractivity contribution in [3.05, 3.63) is 29.6 Å². The summed E-state index contributed by atoms with van der Waals surface area (Å²) < 4.78 is 13.2. The molecular formula is C12H17FN2. The number of rotatable bonds is 1. The first-order chi connectivity index (χ1) is 7.08. The van der Waals surface area contributed by atoms with Crippen molar-refractivity contribution in [2.24, 2.45) is 0 Å². The van der Waals surface area contributed by atoms with Crippen LogP contribution in [0.5, 0.6) is 0 Å². The van der Waals surface area contributed by atoms with Crippen molar-refractivity contribution in [2.75, 3.05) is 19.4 Å². The molecule has 0 radical (unpaired) electrons. The first kappa shape index (κ1) is 10.4. The lowest BCUT2D eigenvalue weighted by atomic mass is 9.93. The zero-order valence-corrected chi connectivity index (χ0v) is 9.42. The Morgan fingerprint density at radius 2 is 2.13 bits per heavy atom. The van der Waals surface area contributed by atoms with E-state index in [0.717, 1.165) is 17.7 Å². The Kier molecular flexibility index (Phi) is 2.65. The van der Waals surface area contributed by atoms with E-state index in [0.29, 0.717) is 12.1 Å². The highest BCUT2D eigenvalue weighted by atomic mass is 19.1. The monoisotopic (exact) mass is 208 g/mol. The molecule has 0 aliphatic carbocycles. The Hall–Kier alpha value is -1.09. The van der Waals surface area contributed by atoms with E-state index >= 15 is 0 Å². The van der Waals surface area contributed by atoms with Crippen molar-refractivity contribution in [1.29, 1.82) is 0 Å². The fourth-order valence-electron chi connectivity index (χ4n) is 2.22. The van der Waals surface area contributed by atoms with Crippen molar-refractivity contribution in [3.8, 4) is 0 Å². The van der Waals surface area contributed by atoms with Gasteiger partial charge in [0.05, 0.1) is 0 Å². The molecule has 1 aromatic carbocycles. The molecule has 15 heavy (non-hydrogen) atoms. The summed E-state index contributed by atoms with van der Waals surface area (Å²) in [6.45, 7) is 2.16. The van der Waals surface area contributed by atoms with Gasteiger partial charge in [0.1, 0.15) is 5.82 Å². The first-order valence-electron chi connectivity index (χ1n) is 5.30. The SMILES string of the molecule is CC1CC(N(C)C)c2cc(F)ccc2N1. The zero-order chi connectivity index (χ0) is 11.0. The molecule has 2 nitrogen and oxygen atoms in total. The summed E-state index contributed by atoms with van der Waals surface area (Å²) in [6, 6.07) is 5.73. The van der Waals surface area contributed by atoms with Crippen LogP contribution in [0.25, 0.3) is 0 Å². The highest BCUT2D eigenvalue weighted by Gasteiger charge is 2.25. The third kappa shape index (κ3) is 1.97. The zero-order valence-electron chi connectivity index (χ0n) is 9.42. The standard InChI is InChI=1S/C12H17FN2/c1-8-6-12(15(2)3)10-7-9(13)4-5-11(10)14-8/h4-5,7-8,12,14H,6H2,1-3H3. The summed E-state index contributed by atoms with van der Waals surface area (Å²) in [5.74, 6) is -0.156. The molecule has 0 saturated carbocycles. The minimum Gasteiger partial charge on any atom is -0.382 e. The van der Waals surface area contributed by atoms with E-state index in [2.05, 4.69) is 17.1 Å². The van der Waals surface area contributed by atoms with Gasteiger partial charge in [-0.2, -0.15) is 0 Å². The minimum absolute atomic E-state index is 0.156. The van der Waals surface area contributed by atoms with E-state index in [4.69, 9.17) is 0 Å². The number of hydrogen-bond donors (Lipinski definition) is 1. The van der Waals surface area contributed by atoms with Crippen LogP contribution in [-0.4, -0.2) is 25.0 Å². The van der Waals surface area contributed by atoms with Crippen LogP contribution in [-0.2, 0) is 0 Å². The molecule has 0 saturated heterocycles. The molecule has 0 spiro atoms. The van der Waals surface area contributed by atoms with Crippen LogP contribution in [0.2, 0.25) is 0 Å². The third-order valence-corrected chi connectivity index (χ3v) is 2.97. The van der Waals surface area contributed by atoms with Gasteiger partial charge in [-0.3, -0.25) is 0 Å². The van der Waals surface area contributed by atoms with Gasteiger partial charge in [0.25, 0.3) is 0 Å². The van der Waals surface area contributed by atoms with Gasteiger partial charge in [-0.1, -0.05) is 0 Å². The van der Waals surface area contributed by atoms with Crippen molar-refractivity contribution in [2.45, 2.75) is 25.4 Å². The van der Waals surface area contributed by atoms with E-state index in [9.17, 15) is 4.39 Å². The van der Waals surface area contributed by atoms with Crippen molar-refractivity contribution < 1.29 is 4.39 Å². The quantitative estimate of drug-likeness (QED) is 0.763. The van der Waals surface area contributed by atoms with Gasteiger partial charge in [-0.15, -0.1) is 0 Å². The van der Waals surface area contributed by atoms with Gasteiger partial charge in [0, 0.05) is 17.8 Å². The van der Waals surface area contributed by atoms with E-state index in [1.807, 2.05) is 20.2 Å².